The molecule has 0 amide bonds. The maximum Gasteiger partial charge on any atom is 0.119 e. The number of fused-ring (bicyclic) bond motifs is 1. The summed E-state index contributed by atoms with van der Waals surface area (Å²) in [6.07, 6.45) is 1.77. The number of ether oxygens (including phenoxy) is 1. The molecule has 0 atom stereocenters. The SMILES string of the molecule is COc1ccc(Nc2ccnc3cc(Cl)ccc23)cc1. The van der Waals surface area contributed by atoms with Gasteiger partial charge < -0.3 is 10.1 Å². The summed E-state index contributed by atoms with van der Waals surface area (Å²) in [6.45, 7) is 0. The first-order valence-corrected chi connectivity index (χ1v) is 6.59. The van der Waals surface area contributed by atoms with E-state index in [0.717, 1.165) is 28.0 Å². The van der Waals surface area contributed by atoms with E-state index in [0.29, 0.717) is 5.02 Å². The van der Waals surface area contributed by atoms with Gasteiger partial charge >= 0.3 is 0 Å². The van der Waals surface area contributed by atoms with E-state index in [4.69, 9.17) is 16.3 Å². The van der Waals surface area contributed by atoms with E-state index in [1.54, 1.807) is 13.3 Å². The molecule has 4 heteroatoms. The first-order chi connectivity index (χ1) is 9.76. The molecule has 0 aliphatic rings. The molecule has 0 spiro atoms. The zero-order valence-corrected chi connectivity index (χ0v) is 11.7. The summed E-state index contributed by atoms with van der Waals surface area (Å²) in [4.78, 5) is 4.33. The predicted molar refractivity (Wildman–Crippen MR) is 83.0 cm³/mol. The lowest BCUT2D eigenvalue weighted by molar-refractivity contribution is 0.415. The van der Waals surface area contributed by atoms with Crippen LogP contribution in [-0.2, 0) is 0 Å². The summed E-state index contributed by atoms with van der Waals surface area (Å²) < 4.78 is 5.15. The number of nitrogens with one attached hydrogen (secondary N) is 1. The second kappa shape index (κ2) is 5.39. The lowest BCUT2D eigenvalue weighted by atomic mass is 10.2. The van der Waals surface area contributed by atoms with Crippen LogP contribution in [-0.4, -0.2) is 12.1 Å². The molecule has 1 heterocycles. The Morgan fingerprint density at radius 2 is 1.85 bits per heavy atom. The highest BCUT2D eigenvalue weighted by atomic mass is 35.5. The van der Waals surface area contributed by atoms with Crippen LogP contribution in [0.1, 0.15) is 0 Å². The van der Waals surface area contributed by atoms with Crippen LogP contribution in [0.25, 0.3) is 10.9 Å². The number of pyridine rings is 1. The molecule has 0 saturated carbocycles. The number of hydrogen-bond acceptors (Lipinski definition) is 3. The minimum absolute atomic E-state index is 0.687. The monoisotopic (exact) mass is 284 g/mol. The Bertz CT molecular complexity index is 741. The molecule has 0 saturated heterocycles. The molecule has 0 aliphatic heterocycles. The fourth-order valence-electron chi connectivity index (χ4n) is 2.06. The number of anilines is 2. The topological polar surface area (TPSA) is 34.1 Å². The lowest BCUT2D eigenvalue weighted by Gasteiger charge is -2.10. The molecule has 100 valence electrons. The molecule has 0 fully saturated rings. The fourth-order valence-corrected chi connectivity index (χ4v) is 2.23. The van der Waals surface area contributed by atoms with Crippen molar-refractivity contribution in [3.63, 3.8) is 0 Å². The molecule has 0 bridgehead atoms. The van der Waals surface area contributed by atoms with Crippen molar-refractivity contribution in [3.8, 4) is 5.75 Å². The predicted octanol–water partition coefficient (Wildman–Crippen LogP) is 4.64. The third-order valence-electron chi connectivity index (χ3n) is 3.07. The zero-order chi connectivity index (χ0) is 13.9. The molecular weight excluding hydrogens is 272 g/mol. The van der Waals surface area contributed by atoms with E-state index in [9.17, 15) is 0 Å². The van der Waals surface area contributed by atoms with Gasteiger partial charge in [0, 0.05) is 28.0 Å². The van der Waals surface area contributed by atoms with Gasteiger partial charge in [0.05, 0.1) is 12.6 Å². The van der Waals surface area contributed by atoms with E-state index in [1.165, 1.54) is 0 Å². The highest BCUT2D eigenvalue weighted by Gasteiger charge is 2.03. The number of nitrogens with zero attached hydrogens (tertiary/aromatic N) is 1. The summed E-state index contributed by atoms with van der Waals surface area (Å²) in [6, 6.07) is 15.4. The summed E-state index contributed by atoms with van der Waals surface area (Å²) >= 11 is 5.99. The second-order valence-corrected chi connectivity index (χ2v) is 4.81. The smallest absolute Gasteiger partial charge is 0.119 e. The molecule has 0 aliphatic carbocycles. The van der Waals surface area contributed by atoms with Crippen molar-refractivity contribution in [3.05, 3.63) is 59.8 Å². The molecule has 0 unspecified atom stereocenters. The average molecular weight is 285 g/mol. The lowest BCUT2D eigenvalue weighted by Crippen LogP contribution is -1.92. The van der Waals surface area contributed by atoms with Gasteiger partial charge in [-0.1, -0.05) is 11.6 Å². The molecular formula is C16H13ClN2O. The van der Waals surface area contributed by atoms with Gasteiger partial charge in [0.1, 0.15) is 5.75 Å². The number of methoxy groups -OCH3 is 1. The van der Waals surface area contributed by atoms with Crippen LogP contribution in [0.4, 0.5) is 11.4 Å². The average Bonchev–Trinajstić information content (AvgIpc) is 2.48. The summed E-state index contributed by atoms with van der Waals surface area (Å²) in [5.41, 5.74) is 2.86. The normalized spacial score (nSPS) is 10.5. The summed E-state index contributed by atoms with van der Waals surface area (Å²) in [5, 5.41) is 5.10. The van der Waals surface area contributed by atoms with Crippen LogP contribution in [0.5, 0.6) is 5.75 Å². The second-order valence-electron chi connectivity index (χ2n) is 4.37. The third-order valence-corrected chi connectivity index (χ3v) is 3.31. The van der Waals surface area contributed by atoms with Crippen LogP contribution in [0, 0.1) is 0 Å². The Morgan fingerprint density at radius 3 is 2.60 bits per heavy atom. The molecule has 1 N–H and O–H groups in total. The number of aromatic nitrogens is 1. The molecule has 3 nitrogen and oxygen atoms in total. The molecule has 2 aromatic carbocycles. The van der Waals surface area contributed by atoms with Crippen molar-refractivity contribution in [1.82, 2.24) is 4.98 Å². The maximum atomic E-state index is 5.99. The van der Waals surface area contributed by atoms with Crippen LogP contribution in [0.3, 0.4) is 0 Å². The van der Waals surface area contributed by atoms with Gasteiger partial charge in [0.2, 0.25) is 0 Å². The van der Waals surface area contributed by atoms with Gasteiger partial charge in [-0.15, -0.1) is 0 Å². The number of hydrogen-bond donors (Lipinski definition) is 1. The quantitative estimate of drug-likeness (QED) is 0.761. The largest absolute Gasteiger partial charge is 0.497 e. The van der Waals surface area contributed by atoms with Gasteiger partial charge in [0.15, 0.2) is 0 Å². The Balaban J connectivity index is 1.97. The van der Waals surface area contributed by atoms with Crippen molar-refractivity contribution >= 4 is 33.9 Å². The van der Waals surface area contributed by atoms with E-state index in [1.807, 2.05) is 48.5 Å². The Labute approximate surface area is 122 Å². The molecule has 20 heavy (non-hydrogen) atoms. The van der Waals surface area contributed by atoms with Crippen LogP contribution < -0.4 is 10.1 Å². The minimum Gasteiger partial charge on any atom is -0.497 e. The van der Waals surface area contributed by atoms with Gasteiger partial charge in [-0.2, -0.15) is 0 Å². The first kappa shape index (κ1) is 12.8. The van der Waals surface area contributed by atoms with Crippen molar-refractivity contribution in [2.45, 2.75) is 0 Å². The van der Waals surface area contributed by atoms with E-state index in [2.05, 4.69) is 10.3 Å². The zero-order valence-electron chi connectivity index (χ0n) is 10.9. The Hall–Kier alpha value is -2.26. The molecule has 1 aromatic heterocycles. The molecule has 0 radical (unpaired) electrons. The van der Waals surface area contributed by atoms with Crippen LogP contribution >= 0.6 is 11.6 Å². The van der Waals surface area contributed by atoms with Gasteiger partial charge in [0.25, 0.3) is 0 Å². The minimum atomic E-state index is 0.687. The van der Waals surface area contributed by atoms with Crippen molar-refractivity contribution in [1.29, 1.82) is 0 Å². The standard InChI is InChI=1S/C16H13ClN2O/c1-20-13-5-3-12(4-6-13)19-15-8-9-18-16-10-11(17)2-7-14(15)16/h2-10H,1H3,(H,18,19). The summed E-state index contributed by atoms with van der Waals surface area (Å²) in [7, 11) is 1.66. The van der Waals surface area contributed by atoms with Gasteiger partial charge in [-0.3, -0.25) is 4.98 Å². The Kier molecular flexibility index (Phi) is 3.44. The molecule has 3 aromatic rings. The van der Waals surface area contributed by atoms with Gasteiger partial charge in [-0.05, 0) is 48.5 Å². The van der Waals surface area contributed by atoms with Gasteiger partial charge in [-0.25, -0.2) is 0 Å². The van der Waals surface area contributed by atoms with Crippen molar-refractivity contribution in [2.75, 3.05) is 12.4 Å². The van der Waals surface area contributed by atoms with E-state index in [-0.39, 0.29) is 0 Å². The third kappa shape index (κ3) is 2.53. The van der Waals surface area contributed by atoms with Crippen molar-refractivity contribution in [2.24, 2.45) is 0 Å². The van der Waals surface area contributed by atoms with Crippen LogP contribution in [0.15, 0.2) is 54.7 Å². The highest BCUT2D eigenvalue weighted by molar-refractivity contribution is 6.31. The fraction of sp³-hybridized carbons (Fsp3) is 0.0625. The van der Waals surface area contributed by atoms with E-state index >= 15 is 0 Å². The number of halogens is 1. The number of rotatable bonds is 3. The van der Waals surface area contributed by atoms with Crippen LogP contribution in [0.2, 0.25) is 5.02 Å². The molecule has 3 rings (SSSR count). The van der Waals surface area contributed by atoms with Crippen molar-refractivity contribution < 1.29 is 4.74 Å². The van der Waals surface area contributed by atoms with E-state index < -0.39 is 0 Å². The Morgan fingerprint density at radius 1 is 1.05 bits per heavy atom. The maximum absolute atomic E-state index is 5.99. The highest BCUT2D eigenvalue weighted by Crippen LogP contribution is 2.27. The number of benzene rings is 2. The first-order valence-electron chi connectivity index (χ1n) is 6.21. The summed E-state index contributed by atoms with van der Waals surface area (Å²) in [5.74, 6) is 0.835.